The first-order valence-electron chi connectivity index (χ1n) is 4.43. The molecule has 0 spiro atoms. The van der Waals surface area contributed by atoms with Crippen molar-refractivity contribution in [1.82, 2.24) is 0 Å². The second kappa shape index (κ2) is 4.43. The summed E-state index contributed by atoms with van der Waals surface area (Å²) in [6.45, 7) is 6.16. The normalized spacial score (nSPS) is 11.8. The number of halogens is 1. The summed E-state index contributed by atoms with van der Waals surface area (Å²) in [5.74, 6) is 0. The Morgan fingerprint density at radius 2 is 2.15 bits per heavy atom. The second-order valence-corrected chi connectivity index (χ2v) is 3.57. The molecule has 0 saturated carbocycles. The van der Waals surface area contributed by atoms with Gasteiger partial charge in [0.15, 0.2) is 0 Å². The largest absolute Gasteiger partial charge is 0.258 e. The van der Waals surface area contributed by atoms with E-state index in [1.54, 1.807) is 0 Å². The molecule has 1 aromatic carbocycles. The van der Waals surface area contributed by atoms with Crippen LogP contribution in [0.1, 0.15) is 25.8 Å². The number of nitrogens with zero attached hydrogens (tertiary/aromatic N) is 1. The molecule has 0 saturated heterocycles. The maximum absolute atomic E-state index is 5.87. The fourth-order valence-electron chi connectivity index (χ4n) is 0.988. The third kappa shape index (κ3) is 2.85. The van der Waals surface area contributed by atoms with E-state index in [-0.39, 0.29) is 0 Å². The van der Waals surface area contributed by atoms with E-state index in [1.807, 2.05) is 32.0 Å². The third-order valence-corrected chi connectivity index (χ3v) is 2.23. The molecule has 0 amide bonds. The summed E-state index contributed by atoms with van der Waals surface area (Å²) in [5, 5.41) is 0.744. The minimum absolute atomic E-state index is 0.744. The molecular weight excluding hydrogens is 182 g/mol. The van der Waals surface area contributed by atoms with E-state index in [1.165, 1.54) is 0 Å². The number of hydrogen-bond acceptors (Lipinski definition) is 1. The van der Waals surface area contributed by atoms with Crippen LogP contribution in [0.15, 0.2) is 23.2 Å². The van der Waals surface area contributed by atoms with Gasteiger partial charge in [0.25, 0.3) is 0 Å². The summed E-state index contributed by atoms with van der Waals surface area (Å²) in [4.78, 5) is 4.47. The zero-order chi connectivity index (χ0) is 9.84. The van der Waals surface area contributed by atoms with Gasteiger partial charge in [-0.3, -0.25) is 4.99 Å². The lowest BCUT2D eigenvalue weighted by atomic mass is 10.2. The first-order valence-corrected chi connectivity index (χ1v) is 4.81. The van der Waals surface area contributed by atoms with E-state index in [4.69, 9.17) is 11.6 Å². The second-order valence-electron chi connectivity index (χ2n) is 3.13. The van der Waals surface area contributed by atoms with Crippen molar-refractivity contribution >= 4 is 23.0 Å². The Bertz CT molecular complexity index is 329. The van der Waals surface area contributed by atoms with Crippen molar-refractivity contribution in [3.8, 4) is 0 Å². The summed E-state index contributed by atoms with van der Waals surface area (Å²) in [5.41, 5.74) is 3.27. The molecule has 1 nitrogen and oxygen atoms in total. The third-order valence-electron chi connectivity index (χ3n) is 1.99. The topological polar surface area (TPSA) is 12.4 Å². The lowest BCUT2D eigenvalue weighted by Gasteiger charge is -2.01. The maximum atomic E-state index is 5.87. The van der Waals surface area contributed by atoms with Gasteiger partial charge in [-0.05, 0) is 38.0 Å². The molecule has 0 atom stereocenters. The van der Waals surface area contributed by atoms with E-state index >= 15 is 0 Å². The number of aryl methyl sites for hydroxylation is 1. The Balaban J connectivity index is 3.07. The SMILES string of the molecule is CC/C(C)=N/c1cc(Cl)ccc1C. The zero-order valence-corrected chi connectivity index (χ0v) is 9.02. The monoisotopic (exact) mass is 195 g/mol. The molecule has 0 bridgehead atoms. The van der Waals surface area contributed by atoms with Crippen molar-refractivity contribution in [3.63, 3.8) is 0 Å². The van der Waals surface area contributed by atoms with Gasteiger partial charge in [-0.2, -0.15) is 0 Å². The Morgan fingerprint density at radius 1 is 1.46 bits per heavy atom. The van der Waals surface area contributed by atoms with Gasteiger partial charge < -0.3 is 0 Å². The van der Waals surface area contributed by atoms with Crippen molar-refractivity contribution in [3.05, 3.63) is 28.8 Å². The minimum atomic E-state index is 0.744. The summed E-state index contributed by atoms with van der Waals surface area (Å²) in [7, 11) is 0. The number of aliphatic imine (C=N–C) groups is 1. The lowest BCUT2D eigenvalue weighted by Crippen LogP contribution is -1.86. The van der Waals surface area contributed by atoms with Gasteiger partial charge in [0.2, 0.25) is 0 Å². The van der Waals surface area contributed by atoms with Crippen LogP contribution in [-0.2, 0) is 0 Å². The standard InChI is InChI=1S/C11H14ClN/c1-4-9(3)13-11-7-10(12)6-5-8(11)2/h5-7H,4H2,1-3H3/b13-9+. The van der Waals surface area contributed by atoms with Gasteiger partial charge in [0.05, 0.1) is 5.69 Å². The molecule has 0 aliphatic carbocycles. The average Bonchev–Trinajstić information content (AvgIpc) is 2.11. The van der Waals surface area contributed by atoms with Crippen LogP contribution in [0, 0.1) is 6.92 Å². The van der Waals surface area contributed by atoms with Crippen molar-refractivity contribution in [2.45, 2.75) is 27.2 Å². The van der Waals surface area contributed by atoms with Crippen LogP contribution < -0.4 is 0 Å². The van der Waals surface area contributed by atoms with Crippen LogP contribution in [-0.4, -0.2) is 5.71 Å². The Morgan fingerprint density at radius 3 is 2.77 bits per heavy atom. The highest BCUT2D eigenvalue weighted by Gasteiger charge is 1.97. The average molecular weight is 196 g/mol. The van der Waals surface area contributed by atoms with E-state index in [9.17, 15) is 0 Å². The molecular formula is C11H14ClN. The van der Waals surface area contributed by atoms with E-state index in [0.29, 0.717) is 0 Å². The van der Waals surface area contributed by atoms with Gasteiger partial charge in [0.1, 0.15) is 0 Å². The summed E-state index contributed by atoms with van der Waals surface area (Å²) in [6.07, 6.45) is 0.978. The van der Waals surface area contributed by atoms with Crippen molar-refractivity contribution in [2.75, 3.05) is 0 Å². The number of hydrogen-bond donors (Lipinski definition) is 0. The summed E-state index contributed by atoms with van der Waals surface area (Å²) < 4.78 is 0. The van der Waals surface area contributed by atoms with Gasteiger partial charge in [-0.15, -0.1) is 0 Å². The molecule has 2 heteroatoms. The van der Waals surface area contributed by atoms with Crippen LogP contribution in [0.5, 0.6) is 0 Å². The van der Waals surface area contributed by atoms with Gasteiger partial charge >= 0.3 is 0 Å². The van der Waals surface area contributed by atoms with Crippen molar-refractivity contribution in [2.24, 2.45) is 4.99 Å². The molecule has 0 unspecified atom stereocenters. The number of benzene rings is 1. The van der Waals surface area contributed by atoms with Crippen LogP contribution in [0.3, 0.4) is 0 Å². The lowest BCUT2D eigenvalue weighted by molar-refractivity contribution is 1.24. The number of rotatable bonds is 2. The van der Waals surface area contributed by atoms with E-state index in [2.05, 4.69) is 11.9 Å². The van der Waals surface area contributed by atoms with Crippen molar-refractivity contribution < 1.29 is 0 Å². The van der Waals surface area contributed by atoms with Crippen molar-refractivity contribution in [1.29, 1.82) is 0 Å². The molecule has 0 aliphatic heterocycles. The van der Waals surface area contributed by atoms with Gasteiger partial charge in [-0.25, -0.2) is 0 Å². The fraction of sp³-hybridized carbons (Fsp3) is 0.364. The molecule has 0 aromatic heterocycles. The molecule has 0 N–H and O–H groups in total. The molecule has 13 heavy (non-hydrogen) atoms. The van der Waals surface area contributed by atoms with E-state index in [0.717, 1.165) is 28.4 Å². The van der Waals surface area contributed by atoms with Gasteiger partial charge in [0, 0.05) is 10.7 Å². The first kappa shape index (κ1) is 10.3. The predicted molar refractivity (Wildman–Crippen MR) is 59.2 cm³/mol. The molecule has 0 radical (unpaired) electrons. The molecule has 0 aliphatic rings. The summed E-state index contributed by atoms with van der Waals surface area (Å²) >= 11 is 5.87. The first-order chi connectivity index (χ1) is 6.13. The quantitative estimate of drug-likeness (QED) is 0.629. The smallest absolute Gasteiger partial charge is 0.0672 e. The van der Waals surface area contributed by atoms with Crippen LogP contribution in [0.4, 0.5) is 5.69 Å². The molecule has 0 heterocycles. The molecule has 0 fully saturated rings. The highest BCUT2D eigenvalue weighted by molar-refractivity contribution is 6.30. The molecule has 1 aromatic rings. The highest BCUT2D eigenvalue weighted by Crippen LogP contribution is 2.23. The maximum Gasteiger partial charge on any atom is 0.0672 e. The Labute approximate surface area is 84.5 Å². The van der Waals surface area contributed by atoms with Crippen LogP contribution >= 0.6 is 11.6 Å². The van der Waals surface area contributed by atoms with Gasteiger partial charge in [-0.1, -0.05) is 24.6 Å². The van der Waals surface area contributed by atoms with Crippen LogP contribution in [0.2, 0.25) is 5.02 Å². The minimum Gasteiger partial charge on any atom is -0.258 e. The van der Waals surface area contributed by atoms with Crippen LogP contribution in [0.25, 0.3) is 0 Å². The molecule has 1 rings (SSSR count). The summed E-state index contributed by atoms with van der Waals surface area (Å²) in [6, 6.07) is 5.78. The molecule has 70 valence electrons. The fourth-order valence-corrected chi connectivity index (χ4v) is 1.15. The van der Waals surface area contributed by atoms with E-state index < -0.39 is 0 Å². The Kier molecular flexibility index (Phi) is 3.49. The Hall–Kier alpha value is -0.820. The predicted octanol–water partition coefficient (Wildman–Crippen LogP) is 4.15. The zero-order valence-electron chi connectivity index (χ0n) is 8.26. The highest BCUT2D eigenvalue weighted by atomic mass is 35.5.